The van der Waals surface area contributed by atoms with Gasteiger partial charge in [-0.15, -0.1) is 0 Å². The van der Waals surface area contributed by atoms with Gasteiger partial charge in [0.2, 0.25) is 0 Å². The van der Waals surface area contributed by atoms with Crippen LogP contribution >= 0.6 is 0 Å². The topological polar surface area (TPSA) is 58.1 Å². The van der Waals surface area contributed by atoms with Crippen molar-refractivity contribution >= 4 is 17.5 Å². The lowest BCUT2D eigenvalue weighted by Crippen LogP contribution is -2.33. The van der Waals surface area contributed by atoms with Crippen molar-refractivity contribution in [1.29, 1.82) is 0 Å². The van der Waals surface area contributed by atoms with Crippen LogP contribution in [0.1, 0.15) is 30.1 Å². The Morgan fingerprint density at radius 2 is 1.91 bits per heavy atom. The van der Waals surface area contributed by atoms with E-state index in [0.717, 1.165) is 37.7 Å². The number of halogens is 1. The van der Waals surface area contributed by atoms with Crippen molar-refractivity contribution in [2.24, 2.45) is 5.92 Å². The summed E-state index contributed by atoms with van der Waals surface area (Å²) in [7, 11) is 0. The fourth-order valence-electron chi connectivity index (χ4n) is 2.62. The van der Waals surface area contributed by atoms with Gasteiger partial charge in [0.25, 0.3) is 5.91 Å². The molecule has 1 aliphatic rings. The summed E-state index contributed by atoms with van der Waals surface area (Å²) >= 11 is 0. The summed E-state index contributed by atoms with van der Waals surface area (Å²) in [6.45, 7) is 4.18. The molecular weight excluding hydrogens is 295 g/mol. The monoisotopic (exact) mass is 314 g/mol. The van der Waals surface area contributed by atoms with E-state index in [-0.39, 0.29) is 11.7 Å². The van der Waals surface area contributed by atoms with Crippen LogP contribution in [0.15, 0.2) is 36.7 Å². The number of hydrogen-bond acceptors (Lipinski definition) is 4. The van der Waals surface area contributed by atoms with Crippen LogP contribution in [0.2, 0.25) is 0 Å². The SMILES string of the molecule is CC1CCN(c2cc(NC(=O)c3ccc(F)cc3)ncn2)CC1. The summed E-state index contributed by atoms with van der Waals surface area (Å²) in [6.07, 6.45) is 3.73. The Bertz CT molecular complexity index is 681. The molecule has 0 saturated carbocycles. The molecule has 5 nitrogen and oxygen atoms in total. The minimum Gasteiger partial charge on any atom is -0.356 e. The van der Waals surface area contributed by atoms with Gasteiger partial charge in [-0.1, -0.05) is 6.92 Å². The first-order valence-electron chi connectivity index (χ1n) is 7.76. The second-order valence-electron chi connectivity index (χ2n) is 5.89. The van der Waals surface area contributed by atoms with Crippen LogP contribution in [-0.4, -0.2) is 29.0 Å². The van der Waals surface area contributed by atoms with Crippen molar-refractivity contribution in [2.75, 3.05) is 23.3 Å². The number of amides is 1. The van der Waals surface area contributed by atoms with E-state index in [0.29, 0.717) is 11.4 Å². The highest BCUT2D eigenvalue weighted by molar-refractivity contribution is 6.03. The summed E-state index contributed by atoms with van der Waals surface area (Å²) in [5.41, 5.74) is 0.387. The summed E-state index contributed by atoms with van der Waals surface area (Å²) in [5.74, 6) is 1.32. The molecular formula is C17H19FN4O. The molecule has 1 N–H and O–H groups in total. The van der Waals surface area contributed by atoms with E-state index in [2.05, 4.69) is 27.1 Å². The van der Waals surface area contributed by atoms with Crippen LogP contribution < -0.4 is 10.2 Å². The van der Waals surface area contributed by atoms with Gasteiger partial charge < -0.3 is 10.2 Å². The minimum absolute atomic E-state index is 0.318. The molecule has 0 spiro atoms. The van der Waals surface area contributed by atoms with Gasteiger partial charge in [-0.3, -0.25) is 4.79 Å². The first-order valence-corrected chi connectivity index (χ1v) is 7.76. The maximum Gasteiger partial charge on any atom is 0.256 e. The normalized spacial score (nSPS) is 15.5. The van der Waals surface area contributed by atoms with Crippen LogP contribution in [-0.2, 0) is 0 Å². The van der Waals surface area contributed by atoms with Gasteiger partial charge in [0, 0.05) is 24.7 Å². The maximum atomic E-state index is 12.9. The van der Waals surface area contributed by atoms with Crippen LogP contribution in [0.3, 0.4) is 0 Å². The van der Waals surface area contributed by atoms with E-state index >= 15 is 0 Å². The third-order valence-corrected chi connectivity index (χ3v) is 4.11. The molecule has 6 heteroatoms. The zero-order valence-corrected chi connectivity index (χ0v) is 13.0. The van der Waals surface area contributed by atoms with Crippen LogP contribution in [0.4, 0.5) is 16.0 Å². The quantitative estimate of drug-likeness (QED) is 0.946. The molecule has 1 aliphatic heterocycles. The molecule has 0 atom stereocenters. The minimum atomic E-state index is -0.370. The molecule has 0 aliphatic carbocycles. The number of carbonyl (C=O) groups is 1. The van der Waals surface area contributed by atoms with Crippen molar-refractivity contribution in [2.45, 2.75) is 19.8 Å². The Morgan fingerprint density at radius 3 is 2.61 bits per heavy atom. The number of anilines is 2. The lowest BCUT2D eigenvalue weighted by atomic mass is 9.99. The van der Waals surface area contributed by atoms with E-state index in [1.165, 1.54) is 30.6 Å². The van der Waals surface area contributed by atoms with Gasteiger partial charge >= 0.3 is 0 Å². The highest BCUT2D eigenvalue weighted by Gasteiger charge is 2.17. The Balaban J connectivity index is 1.70. The average molecular weight is 314 g/mol. The van der Waals surface area contributed by atoms with Crippen LogP contribution in [0, 0.1) is 11.7 Å². The Hall–Kier alpha value is -2.50. The van der Waals surface area contributed by atoms with E-state index in [9.17, 15) is 9.18 Å². The fraction of sp³-hybridized carbons (Fsp3) is 0.353. The fourth-order valence-corrected chi connectivity index (χ4v) is 2.62. The molecule has 2 aromatic rings. The number of benzene rings is 1. The molecule has 1 saturated heterocycles. The molecule has 23 heavy (non-hydrogen) atoms. The van der Waals surface area contributed by atoms with Crippen molar-refractivity contribution in [3.63, 3.8) is 0 Å². The number of aromatic nitrogens is 2. The number of hydrogen-bond donors (Lipinski definition) is 1. The molecule has 3 rings (SSSR count). The predicted octanol–water partition coefficient (Wildman–Crippen LogP) is 3.10. The average Bonchev–Trinajstić information content (AvgIpc) is 2.56. The number of piperidine rings is 1. The second kappa shape index (κ2) is 6.73. The van der Waals surface area contributed by atoms with Gasteiger partial charge in [0.05, 0.1) is 0 Å². The highest BCUT2D eigenvalue weighted by atomic mass is 19.1. The van der Waals surface area contributed by atoms with E-state index in [4.69, 9.17) is 0 Å². The molecule has 1 amide bonds. The van der Waals surface area contributed by atoms with Crippen molar-refractivity contribution < 1.29 is 9.18 Å². The molecule has 0 bridgehead atoms. The molecule has 2 heterocycles. The van der Waals surface area contributed by atoms with E-state index in [1.54, 1.807) is 6.07 Å². The van der Waals surface area contributed by atoms with E-state index in [1.807, 2.05) is 0 Å². The molecule has 120 valence electrons. The second-order valence-corrected chi connectivity index (χ2v) is 5.89. The Morgan fingerprint density at radius 1 is 1.22 bits per heavy atom. The zero-order valence-electron chi connectivity index (χ0n) is 13.0. The van der Waals surface area contributed by atoms with Crippen LogP contribution in [0.25, 0.3) is 0 Å². The molecule has 1 aromatic heterocycles. The van der Waals surface area contributed by atoms with Gasteiger partial charge in [0.15, 0.2) is 0 Å². The molecule has 0 radical (unpaired) electrons. The summed E-state index contributed by atoms with van der Waals surface area (Å²) in [5, 5.41) is 2.73. The first-order chi connectivity index (χ1) is 11.1. The standard InChI is InChI=1S/C17H19FN4O/c1-12-6-8-22(9-7-12)16-10-15(19-11-20-16)21-17(23)13-2-4-14(18)5-3-13/h2-5,10-12H,6-9H2,1H3,(H,19,20,21,23). The lowest BCUT2D eigenvalue weighted by molar-refractivity contribution is 0.102. The molecule has 0 unspecified atom stereocenters. The van der Waals surface area contributed by atoms with Crippen LogP contribution in [0.5, 0.6) is 0 Å². The molecule has 1 aromatic carbocycles. The third-order valence-electron chi connectivity index (χ3n) is 4.11. The third kappa shape index (κ3) is 3.83. The van der Waals surface area contributed by atoms with Gasteiger partial charge in [-0.05, 0) is 43.0 Å². The number of rotatable bonds is 3. The smallest absolute Gasteiger partial charge is 0.256 e. The predicted molar refractivity (Wildman–Crippen MR) is 87.0 cm³/mol. The maximum absolute atomic E-state index is 12.9. The van der Waals surface area contributed by atoms with Gasteiger partial charge in [0.1, 0.15) is 23.8 Å². The largest absolute Gasteiger partial charge is 0.356 e. The highest BCUT2D eigenvalue weighted by Crippen LogP contribution is 2.22. The Labute approximate surface area is 134 Å². The van der Waals surface area contributed by atoms with Crippen molar-refractivity contribution in [3.05, 3.63) is 48.0 Å². The number of carbonyl (C=O) groups excluding carboxylic acids is 1. The van der Waals surface area contributed by atoms with Gasteiger partial charge in [-0.2, -0.15) is 0 Å². The zero-order chi connectivity index (χ0) is 16.2. The lowest BCUT2D eigenvalue weighted by Gasteiger charge is -2.31. The van der Waals surface area contributed by atoms with Crippen molar-refractivity contribution in [1.82, 2.24) is 9.97 Å². The Kier molecular flexibility index (Phi) is 4.50. The summed E-state index contributed by atoms with van der Waals surface area (Å²) < 4.78 is 12.9. The molecule has 1 fully saturated rings. The number of nitrogens with zero attached hydrogens (tertiary/aromatic N) is 3. The first kappa shape index (κ1) is 15.4. The van der Waals surface area contributed by atoms with E-state index < -0.39 is 0 Å². The number of nitrogens with one attached hydrogen (secondary N) is 1. The van der Waals surface area contributed by atoms with Gasteiger partial charge in [-0.25, -0.2) is 14.4 Å². The summed E-state index contributed by atoms with van der Waals surface area (Å²) in [4.78, 5) is 22.7. The summed E-state index contributed by atoms with van der Waals surface area (Å²) in [6, 6.07) is 7.18. The van der Waals surface area contributed by atoms with Crippen molar-refractivity contribution in [3.8, 4) is 0 Å².